The van der Waals surface area contributed by atoms with E-state index in [1.807, 2.05) is 37.4 Å². The van der Waals surface area contributed by atoms with Gasteiger partial charge in [0, 0.05) is 13.1 Å². The Bertz CT molecular complexity index is 814. The number of hydrogen-bond donors (Lipinski definition) is 1. The van der Waals surface area contributed by atoms with Gasteiger partial charge in [0.25, 0.3) is 0 Å². The maximum atomic E-state index is 10.2. The number of aliphatic hydroxyl groups excluding tert-OH is 1. The van der Waals surface area contributed by atoms with E-state index in [1.54, 1.807) is 0 Å². The Morgan fingerprint density at radius 3 is 2.44 bits per heavy atom. The fraction of sp³-hybridized carbons (Fsp3) is 0.273. The molecule has 0 aliphatic carbocycles. The van der Waals surface area contributed by atoms with Gasteiger partial charge in [-0.1, -0.05) is 60.2 Å². The van der Waals surface area contributed by atoms with E-state index in [-0.39, 0.29) is 6.61 Å². The quantitative estimate of drug-likeness (QED) is 0.708. The monoisotopic (exact) mass is 335 g/mol. The van der Waals surface area contributed by atoms with E-state index < -0.39 is 6.10 Å². The third-order valence-electron chi connectivity index (χ3n) is 4.26. The van der Waals surface area contributed by atoms with E-state index in [4.69, 9.17) is 4.74 Å². The number of likely N-dealkylation sites (N-methyl/N-ethyl adjacent to an activating group) is 1. The molecule has 3 nitrogen and oxygen atoms in total. The first kappa shape index (κ1) is 17.5. The molecule has 3 rings (SSSR count). The predicted molar refractivity (Wildman–Crippen MR) is 103 cm³/mol. The molecule has 0 fully saturated rings. The van der Waals surface area contributed by atoms with Crippen molar-refractivity contribution in [3.63, 3.8) is 0 Å². The molecule has 0 bridgehead atoms. The lowest BCUT2D eigenvalue weighted by atomic mass is 10.1. The summed E-state index contributed by atoms with van der Waals surface area (Å²) in [6.07, 6.45) is -0.526. The summed E-state index contributed by atoms with van der Waals surface area (Å²) in [5, 5.41) is 12.6. The van der Waals surface area contributed by atoms with E-state index in [0.717, 1.165) is 17.7 Å². The maximum absolute atomic E-state index is 10.2. The molecular formula is C22H25NO2. The van der Waals surface area contributed by atoms with E-state index in [9.17, 15) is 5.11 Å². The zero-order valence-corrected chi connectivity index (χ0v) is 14.9. The first-order valence-electron chi connectivity index (χ1n) is 8.64. The topological polar surface area (TPSA) is 32.7 Å². The van der Waals surface area contributed by atoms with Crippen LogP contribution in [0.3, 0.4) is 0 Å². The molecular weight excluding hydrogens is 310 g/mol. The largest absolute Gasteiger partial charge is 0.491 e. The Labute approximate surface area is 149 Å². The Kier molecular flexibility index (Phi) is 5.69. The highest BCUT2D eigenvalue weighted by molar-refractivity contribution is 5.83. The summed E-state index contributed by atoms with van der Waals surface area (Å²) in [4.78, 5) is 2.11. The summed E-state index contributed by atoms with van der Waals surface area (Å²) in [6.45, 7) is 3.76. The van der Waals surface area contributed by atoms with Crippen LogP contribution in [0.5, 0.6) is 5.75 Å². The number of fused-ring (bicyclic) bond motifs is 1. The highest BCUT2D eigenvalue weighted by atomic mass is 16.5. The van der Waals surface area contributed by atoms with Crippen LogP contribution < -0.4 is 4.74 Å². The van der Waals surface area contributed by atoms with Crippen LogP contribution in [0.15, 0.2) is 66.7 Å². The van der Waals surface area contributed by atoms with Gasteiger partial charge in [-0.15, -0.1) is 0 Å². The molecule has 0 saturated heterocycles. The predicted octanol–water partition coefficient (Wildman–Crippen LogP) is 4.02. The molecule has 25 heavy (non-hydrogen) atoms. The zero-order chi connectivity index (χ0) is 17.6. The second-order valence-corrected chi connectivity index (χ2v) is 6.66. The highest BCUT2D eigenvalue weighted by Crippen LogP contribution is 2.20. The Hall–Kier alpha value is -2.36. The Morgan fingerprint density at radius 1 is 0.960 bits per heavy atom. The lowest BCUT2D eigenvalue weighted by molar-refractivity contribution is 0.0744. The van der Waals surface area contributed by atoms with Crippen molar-refractivity contribution >= 4 is 10.8 Å². The fourth-order valence-corrected chi connectivity index (χ4v) is 2.93. The number of ether oxygens (including phenoxy) is 1. The van der Waals surface area contributed by atoms with Crippen molar-refractivity contribution in [2.45, 2.75) is 19.6 Å². The SMILES string of the molecule is Cc1ccc(CN(C)C[C@@H](O)COc2ccc3ccccc3c2)cc1. The molecule has 0 aliphatic heterocycles. The van der Waals surface area contributed by atoms with E-state index in [1.165, 1.54) is 16.5 Å². The average Bonchev–Trinajstić information content (AvgIpc) is 2.61. The number of aryl methyl sites for hydroxylation is 1. The molecule has 0 spiro atoms. The van der Waals surface area contributed by atoms with Crippen LogP contribution in [0.25, 0.3) is 10.8 Å². The van der Waals surface area contributed by atoms with Crippen molar-refractivity contribution in [3.8, 4) is 5.75 Å². The zero-order valence-electron chi connectivity index (χ0n) is 14.9. The van der Waals surface area contributed by atoms with Gasteiger partial charge in [-0.25, -0.2) is 0 Å². The van der Waals surface area contributed by atoms with E-state index >= 15 is 0 Å². The summed E-state index contributed by atoms with van der Waals surface area (Å²) in [6, 6.07) is 22.7. The number of aliphatic hydroxyl groups is 1. The standard InChI is InChI=1S/C22H25NO2/c1-17-7-9-18(10-8-17)14-23(2)15-21(24)16-25-22-12-11-19-5-3-4-6-20(19)13-22/h3-13,21,24H,14-16H2,1-2H3/t21-/m1/s1. The molecule has 0 heterocycles. The van der Waals surface area contributed by atoms with Crippen molar-refractivity contribution in [2.24, 2.45) is 0 Å². The van der Waals surface area contributed by atoms with Gasteiger partial charge in [0.05, 0.1) is 0 Å². The summed E-state index contributed by atoms with van der Waals surface area (Å²) in [5.41, 5.74) is 2.51. The molecule has 3 aromatic carbocycles. The van der Waals surface area contributed by atoms with Crippen LogP contribution in [0.4, 0.5) is 0 Å². The number of benzene rings is 3. The summed E-state index contributed by atoms with van der Waals surface area (Å²) < 4.78 is 5.77. The molecule has 0 saturated carbocycles. The second kappa shape index (κ2) is 8.15. The van der Waals surface area contributed by atoms with Gasteiger partial charge in [-0.05, 0) is 42.4 Å². The van der Waals surface area contributed by atoms with Crippen LogP contribution >= 0.6 is 0 Å². The van der Waals surface area contributed by atoms with Crippen molar-refractivity contribution in [1.29, 1.82) is 0 Å². The summed E-state index contributed by atoms with van der Waals surface area (Å²) in [7, 11) is 2.01. The van der Waals surface area contributed by atoms with Crippen LogP contribution in [0.1, 0.15) is 11.1 Å². The molecule has 0 amide bonds. The van der Waals surface area contributed by atoms with Gasteiger partial charge in [0.15, 0.2) is 0 Å². The fourth-order valence-electron chi connectivity index (χ4n) is 2.93. The van der Waals surface area contributed by atoms with Crippen LogP contribution in [0.2, 0.25) is 0 Å². The maximum Gasteiger partial charge on any atom is 0.120 e. The van der Waals surface area contributed by atoms with Crippen LogP contribution in [-0.4, -0.2) is 36.3 Å². The number of nitrogens with zero attached hydrogens (tertiary/aromatic N) is 1. The van der Waals surface area contributed by atoms with Crippen molar-refractivity contribution in [1.82, 2.24) is 4.90 Å². The molecule has 0 aliphatic rings. The van der Waals surface area contributed by atoms with Crippen molar-refractivity contribution in [2.75, 3.05) is 20.2 Å². The molecule has 3 aromatic rings. The van der Waals surface area contributed by atoms with Gasteiger partial charge in [-0.2, -0.15) is 0 Å². The third kappa shape index (κ3) is 5.05. The normalized spacial score (nSPS) is 12.5. The van der Waals surface area contributed by atoms with Crippen molar-refractivity contribution in [3.05, 3.63) is 77.9 Å². The summed E-state index contributed by atoms with van der Waals surface area (Å²) >= 11 is 0. The van der Waals surface area contributed by atoms with Crippen molar-refractivity contribution < 1.29 is 9.84 Å². The molecule has 3 heteroatoms. The molecule has 0 unspecified atom stereocenters. The lowest BCUT2D eigenvalue weighted by Crippen LogP contribution is -2.32. The minimum atomic E-state index is -0.526. The molecule has 1 atom stereocenters. The Balaban J connectivity index is 1.49. The first-order chi connectivity index (χ1) is 12.1. The van der Waals surface area contributed by atoms with Gasteiger partial charge < -0.3 is 9.84 Å². The number of rotatable bonds is 7. The first-order valence-corrected chi connectivity index (χ1v) is 8.64. The molecule has 0 radical (unpaired) electrons. The van der Waals surface area contributed by atoms with Gasteiger partial charge in [0.1, 0.15) is 18.5 Å². The number of hydrogen-bond acceptors (Lipinski definition) is 3. The Morgan fingerprint density at radius 2 is 1.68 bits per heavy atom. The smallest absolute Gasteiger partial charge is 0.120 e. The van der Waals surface area contributed by atoms with E-state index in [2.05, 4.69) is 48.2 Å². The molecule has 130 valence electrons. The lowest BCUT2D eigenvalue weighted by Gasteiger charge is -2.21. The summed E-state index contributed by atoms with van der Waals surface area (Å²) in [5.74, 6) is 0.791. The molecule has 0 aromatic heterocycles. The minimum Gasteiger partial charge on any atom is -0.491 e. The van der Waals surface area contributed by atoms with E-state index in [0.29, 0.717) is 6.54 Å². The highest BCUT2D eigenvalue weighted by Gasteiger charge is 2.10. The average molecular weight is 335 g/mol. The minimum absolute atomic E-state index is 0.288. The van der Waals surface area contributed by atoms with Gasteiger partial charge in [-0.3, -0.25) is 4.90 Å². The molecule has 1 N–H and O–H groups in total. The van der Waals surface area contributed by atoms with Crippen LogP contribution in [-0.2, 0) is 6.54 Å². The third-order valence-corrected chi connectivity index (χ3v) is 4.26. The second-order valence-electron chi connectivity index (χ2n) is 6.66. The van der Waals surface area contributed by atoms with Crippen LogP contribution in [0, 0.1) is 6.92 Å². The van der Waals surface area contributed by atoms with Gasteiger partial charge in [0.2, 0.25) is 0 Å². The van der Waals surface area contributed by atoms with Gasteiger partial charge >= 0.3 is 0 Å².